The first-order valence-corrected chi connectivity index (χ1v) is 13.4. The summed E-state index contributed by atoms with van der Waals surface area (Å²) in [6.45, 7) is 13.9. The van der Waals surface area contributed by atoms with Gasteiger partial charge in [-0.15, -0.1) is 0 Å². The summed E-state index contributed by atoms with van der Waals surface area (Å²) in [5.74, 6) is 0.820. The van der Waals surface area contributed by atoms with E-state index in [-0.39, 0.29) is 30.6 Å². The van der Waals surface area contributed by atoms with Crippen molar-refractivity contribution in [1.29, 1.82) is 0 Å². The van der Waals surface area contributed by atoms with Crippen LogP contribution >= 0.6 is 0 Å². The molecule has 196 valence electrons. The maximum atomic E-state index is 13.8. The van der Waals surface area contributed by atoms with E-state index in [2.05, 4.69) is 74.1 Å². The summed E-state index contributed by atoms with van der Waals surface area (Å²) < 4.78 is 2.22. The largest absolute Gasteiger partial charge is 0.348 e. The van der Waals surface area contributed by atoms with Crippen molar-refractivity contribution in [1.82, 2.24) is 14.4 Å². The number of nitrogens with zero attached hydrogens (tertiary/aromatic N) is 3. The molecule has 4 rings (SSSR count). The monoisotopic (exact) mass is 500 g/mol. The number of fused-ring (bicyclic) bond motifs is 1. The van der Waals surface area contributed by atoms with E-state index in [0.29, 0.717) is 18.4 Å². The van der Waals surface area contributed by atoms with Crippen LogP contribution in [0.4, 0.5) is 10.5 Å². The Labute approximate surface area is 221 Å². The predicted octanol–water partition coefficient (Wildman–Crippen LogP) is 6.61. The van der Waals surface area contributed by atoms with Crippen LogP contribution in [0.3, 0.4) is 0 Å². The molecule has 0 fully saturated rings. The number of aromatic nitrogens is 1. The molecule has 37 heavy (non-hydrogen) atoms. The first kappa shape index (κ1) is 26.5. The molecule has 0 bridgehead atoms. The Bertz CT molecular complexity index is 1210. The highest BCUT2D eigenvalue weighted by atomic mass is 16.2. The van der Waals surface area contributed by atoms with E-state index < -0.39 is 0 Å². The molecule has 2 aromatic carbocycles. The zero-order valence-electron chi connectivity index (χ0n) is 22.9. The number of urea groups is 1. The molecule has 0 saturated carbocycles. The third kappa shape index (κ3) is 5.90. The highest BCUT2D eigenvalue weighted by molar-refractivity contribution is 5.92. The quantitative estimate of drug-likeness (QED) is 0.397. The number of nitrogens with one attached hydrogen (secondary N) is 1. The summed E-state index contributed by atoms with van der Waals surface area (Å²) in [5, 5.41) is 2.98. The second-order valence-electron chi connectivity index (χ2n) is 10.9. The number of hydrogen-bond donors (Lipinski definition) is 1. The lowest BCUT2D eigenvalue weighted by Crippen LogP contribution is -2.50. The molecule has 3 amide bonds. The van der Waals surface area contributed by atoms with Crippen molar-refractivity contribution in [3.8, 4) is 0 Å². The minimum atomic E-state index is -0.265. The Morgan fingerprint density at radius 1 is 0.865 bits per heavy atom. The van der Waals surface area contributed by atoms with Crippen LogP contribution in [0.5, 0.6) is 0 Å². The fourth-order valence-corrected chi connectivity index (χ4v) is 4.94. The molecule has 1 atom stereocenters. The second-order valence-corrected chi connectivity index (χ2v) is 10.9. The molecule has 0 saturated heterocycles. The summed E-state index contributed by atoms with van der Waals surface area (Å²) in [7, 11) is 0. The van der Waals surface area contributed by atoms with Gasteiger partial charge in [0.05, 0.1) is 6.04 Å². The number of benzene rings is 2. The molecule has 0 aliphatic carbocycles. The van der Waals surface area contributed by atoms with E-state index in [9.17, 15) is 9.59 Å². The highest BCUT2D eigenvalue weighted by Crippen LogP contribution is 2.33. The molecular formula is C31H40N4O2. The molecule has 0 spiro atoms. The Morgan fingerprint density at radius 2 is 1.46 bits per heavy atom. The number of carbonyl (C=O) groups is 2. The number of anilines is 1. The Kier molecular flexibility index (Phi) is 8.06. The van der Waals surface area contributed by atoms with Gasteiger partial charge in [-0.05, 0) is 66.6 Å². The van der Waals surface area contributed by atoms with Gasteiger partial charge >= 0.3 is 6.03 Å². The highest BCUT2D eigenvalue weighted by Gasteiger charge is 2.34. The van der Waals surface area contributed by atoms with Crippen molar-refractivity contribution in [2.24, 2.45) is 0 Å². The number of rotatable bonds is 7. The summed E-state index contributed by atoms with van der Waals surface area (Å²) in [4.78, 5) is 30.6. The molecule has 1 aliphatic rings. The molecule has 3 aromatic rings. The first-order chi connectivity index (χ1) is 17.7. The van der Waals surface area contributed by atoms with Crippen LogP contribution in [0.2, 0.25) is 0 Å². The minimum absolute atomic E-state index is 0.0227. The maximum absolute atomic E-state index is 13.8. The number of carbonyl (C=O) groups excluding carboxylic acids is 2. The third-order valence-electron chi connectivity index (χ3n) is 7.30. The van der Waals surface area contributed by atoms with Gasteiger partial charge in [0.2, 0.25) is 5.91 Å². The lowest BCUT2D eigenvalue weighted by atomic mass is 9.95. The summed E-state index contributed by atoms with van der Waals surface area (Å²) in [6.07, 6.45) is 2.07. The molecule has 1 N–H and O–H groups in total. The zero-order valence-corrected chi connectivity index (χ0v) is 22.9. The molecule has 1 unspecified atom stereocenters. The van der Waals surface area contributed by atoms with Crippen molar-refractivity contribution < 1.29 is 9.59 Å². The third-order valence-corrected chi connectivity index (χ3v) is 7.30. The van der Waals surface area contributed by atoms with E-state index in [1.165, 1.54) is 11.1 Å². The van der Waals surface area contributed by atoms with Crippen LogP contribution in [-0.4, -0.2) is 45.4 Å². The van der Waals surface area contributed by atoms with Crippen LogP contribution in [0, 0.1) is 0 Å². The van der Waals surface area contributed by atoms with Crippen molar-refractivity contribution in [3.05, 3.63) is 89.2 Å². The fraction of sp³-hybridized carbons (Fsp3) is 0.419. The molecule has 1 aromatic heterocycles. The second kappa shape index (κ2) is 11.2. The Morgan fingerprint density at radius 3 is 2.03 bits per heavy atom. The summed E-state index contributed by atoms with van der Waals surface area (Å²) in [6, 6.07) is 20.0. The predicted molar refractivity (Wildman–Crippen MR) is 150 cm³/mol. The van der Waals surface area contributed by atoms with Gasteiger partial charge < -0.3 is 19.7 Å². The molecule has 1 aliphatic heterocycles. The van der Waals surface area contributed by atoms with Gasteiger partial charge in [0.1, 0.15) is 6.54 Å². The fourth-order valence-electron chi connectivity index (χ4n) is 4.94. The molecule has 0 radical (unpaired) electrons. The smallest absolute Gasteiger partial charge is 0.322 e. The van der Waals surface area contributed by atoms with Gasteiger partial charge in [0.15, 0.2) is 0 Å². The van der Waals surface area contributed by atoms with E-state index in [1.807, 2.05) is 49.1 Å². The van der Waals surface area contributed by atoms with Crippen LogP contribution in [-0.2, 0) is 11.3 Å². The van der Waals surface area contributed by atoms with Crippen molar-refractivity contribution in [3.63, 3.8) is 0 Å². The normalized spacial score (nSPS) is 15.3. The van der Waals surface area contributed by atoms with Crippen LogP contribution < -0.4 is 5.32 Å². The van der Waals surface area contributed by atoms with Gasteiger partial charge in [0.25, 0.3) is 0 Å². The van der Waals surface area contributed by atoms with Gasteiger partial charge in [-0.25, -0.2) is 4.79 Å². The molecule has 2 heterocycles. The van der Waals surface area contributed by atoms with Crippen molar-refractivity contribution in [2.75, 3.05) is 18.4 Å². The zero-order chi connectivity index (χ0) is 26.7. The standard InChI is InChI=1S/C31H40N4O2/c1-21(2)24-9-11-26(12-10-24)30-28-8-7-17-33(28)18-19-34(30)29(36)20-35(23(5)6)31(37)32-27-15-13-25(14-16-27)22(3)4/h7-17,21-23,30H,18-20H2,1-6H3,(H,32,37). The van der Waals surface area contributed by atoms with E-state index >= 15 is 0 Å². The SMILES string of the molecule is CC(C)c1ccc(NC(=O)N(CC(=O)N2CCn3cccc3C2c2ccc(C(C)C)cc2)C(C)C)cc1. The number of amides is 3. The lowest BCUT2D eigenvalue weighted by Gasteiger charge is -2.39. The van der Waals surface area contributed by atoms with Crippen LogP contribution in [0.1, 0.15) is 81.8 Å². The summed E-state index contributed by atoms with van der Waals surface area (Å²) >= 11 is 0. The number of hydrogen-bond acceptors (Lipinski definition) is 2. The average Bonchev–Trinajstić information content (AvgIpc) is 3.35. The van der Waals surface area contributed by atoms with Crippen LogP contribution in [0.15, 0.2) is 66.9 Å². The van der Waals surface area contributed by atoms with E-state index in [4.69, 9.17) is 0 Å². The van der Waals surface area contributed by atoms with Gasteiger partial charge in [-0.3, -0.25) is 4.79 Å². The maximum Gasteiger partial charge on any atom is 0.322 e. The van der Waals surface area contributed by atoms with Gasteiger partial charge in [0, 0.05) is 36.7 Å². The molecular weight excluding hydrogens is 460 g/mol. The van der Waals surface area contributed by atoms with E-state index in [1.54, 1.807) is 4.90 Å². The van der Waals surface area contributed by atoms with Crippen LogP contribution in [0.25, 0.3) is 0 Å². The van der Waals surface area contributed by atoms with E-state index in [0.717, 1.165) is 23.5 Å². The lowest BCUT2D eigenvalue weighted by molar-refractivity contribution is -0.134. The topological polar surface area (TPSA) is 57.6 Å². The molecule has 6 heteroatoms. The Balaban J connectivity index is 1.54. The first-order valence-electron chi connectivity index (χ1n) is 13.4. The van der Waals surface area contributed by atoms with Gasteiger partial charge in [-0.2, -0.15) is 0 Å². The average molecular weight is 501 g/mol. The van der Waals surface area contributed by atoms with Gasteiger partial charge in [-0.1, -0.05) is 64.1 Å². The van der Waals surface area contributed by atoms with Crippen molar-refractivity contribution in [2.45, 2.75) is 72.0 Å². The molecule has 6 nitrogen and oxygen atoms in total. The Hall–Kier alpha value is -3.54. The minimum Gasteiger partial charge on any atom is -0.348 e. The summed E-state index contributed by atoms with van der Waals surface area (Å²) in [5.41, 5.74) is 5.41. The van der Waals surface area contributed by atoms with Crippen molar-refractivity contribution >= 4 is 17.6 Å².